The lowest BCUT2D eigenvalue weighted by Gasteiger charge is -2.21. The van der Waals surface area contributed by atoms with E-state index in [1.165, 1.54) is 12.0 Å². The number of rotatable bonds is 1. The van der Waals surface area contributed by atoms with Gasteiger partial charge in [-0.1, -0.05) is 0 Å². The molecule has 0 radical (unpaired) electrons. The molecule has 1 fully saturated rings. The molecule has 0 spiro atoms. The van der Waals surface area contributed by atoms with E-state index in [2.05, 4.69) is 10.1 Å². The molecule has 1 aliphatic heterocycles. The second-order valence-electron chi connectivity index (χ2n) is 2.94. The number of nitrogens with zero attached hydrogens (tertiary/aromatic N) is 1. The van der Waals surface area contributed by atoms with Crippen molar-refractivity contribution < 1.29 is 14.3 Å². The average Bonchev–Trinajstić information content (AvgIpc) is 2.63. The third kappa shape index (κ3) is 1.91. The zero-order valence-electron chi connectivity index (χ0n) is 7.87. The second-order valence-corrected chi connectivity index (χ2v) is 2.94. The van der Waals surface area contributed by atoms with Crippen LogP contribution in [0.1, 0.15) is 12.8 Å². The van der Waals surface area contributed by atoms with E-state index in [4.69, 9.17) is 0 Å². The Hall–Kier alpha value is -1.26. The van der Waals surface area contributed by atoms with Gasteiger partial charge in [-0.05, 0) is 12.8 Å². The van der Waals surface area contributed by atoms with E-state index in [1.54, 1.807) is 7.05 Å². The maximum Gasteiger partial charge on any atom is 0.410 e. The molecule has 74 valence electrons. The zero-order chi connectivity index (χ0) is 9.84. The van der Waals surface area contributed by atoms with Gasteiger partial charge in [0, 0.05) is 13.6 Å². The summed E-state index contributed by atoms with van der Waals surface area (Å²) in [6.45, 7) is 0.602. The summed E-state index contributed by atoms with van der Waals surface area (Å²) in [4.78, 5) is 23.9. The first-order valence-electron chi connectivity index (χ1n) is 4.27. The molecular weight excluding hydrogens is 172 g/mol. The standard InChI is InChI=1S/C8H14N2O3/c1-9-7(11)6-4-3-5-10(6)8(12)13-2/h6H,3-5H2,1-2H3,(H,9,11). The summed E-state index contributed by atoms with van der Waals surface area (Å²) in [6.07, 6.45) is 1.15. The number of hydrogen-bond donors (Lipinski definition) is 1. The number of ether oxygens (including phenoxy) is 1. The first-order valence-corrected chi connectivity index (χ1v) is 4.27. The summed E-state index contributed by atoms with van der Waals surface area (Å²) in [7, 11) is 2.89. The Morgan fingerprint density at radius 3 is 2.77 bits per heavy atom. The highest BCUT2D eigenvalue weighted by molar-refractivity contribution is 5.85. The van der Waals surface area contributed by atoms with Crippen LogP contribution in [-0.4, -0.2) is 43.6 Å². The van der Waals surface area contributed by atoms with Crippen molar-refractivity contribution in [3.05, 3.63) is 0 Å². The molecule has 1 rings (SSSR count). The predicted octanol–water partition coefficient (Wildman–Crippen LogP) is -0.0368. The van der Waals surface area contributed by atoms with Crippen LogP contribution in [0.25, 0.3) is 0 Å². The zero-order valence-corrected chi connectivity index (χ0v) is 7.87. The first-order chi connectivity index (χ1) is 6.20. The van der Waals surface area contributed by atoms with Crippen molar-refractivity contribution >= 4 is 12.0 Å². The molecule has 0 aromatic carbocycles. The highest BCUT2D eigenvalue weighted by atomic mass is 16.5. The maximum atomic E-state index is 11.3. The monoisotopic (exact) mass is 186 g/mol. The van der Waals surface area contributed by atoms with Crippen molar-refractivity contribution in [3.8, 4) is 0 Å². The van der Waals surface area contributed by atoms with Crippen molar-refractivity contribution in [1.29, 1.82) is 0 Å². The van der Waals surface area contributed by atoms with Crippen molar-refractivity contribution in [2.45, 2.75) is 18.9 Å². The fourth-order valence-corrected chi connectivity index (χ4v) is 1.54. The summed E-state index contributed by atoms with van der Waals surface area (Å²) in [6, 6.07) is -0.350. The van der Waals surface area contributed by atoms with Crippen LogP contribution in [-0.2, 0) is 9.53 Å². The molecule has 1 saturated heterocycles. The molecule has 1 unspecified atom stereocenters. The molecule has 0 bridgehead atoms. The molecule has 0 aromatic rings. The van der Waals surface area contributed by atoms with Gasteiger partial charge in [0.25, 0.3) is 0 Å². The number of carbonyl (C=O) groups excluding carboxylic acids is 2. The molecule has 1 aliphatic rings. The van der Waals surface area contributed by atoms with Crippen LogP contribution in [0.15, 0.2) is 0 Å². The lowest BCUT2D eigenvalue weighted by atomic mass is 10.2. The topological polar surface area (TPSA) is 58.6 Å². The van der Waals surface area contributed by atoms with Crippen molar-refractivity contribution in [2.24, 2.45) is 0 Å². The number of likely N-dealkylation sites (N-methyl/N-ethyl adjacent to an activating group) is 1. The summed E-state index contributed by atoms with van der Waals surface area (Å²) in [5.74, 6) is -0.122. The van der Waals surface area contributed by atoms with E-state index < -0.39 is 6.09 Å². The molecule has 5 heteroatoms. The van der Waals surface area contributed by atoms with Crippen LogP contribution < -0.4 is 5.32 Å². The van der Waals surface area contributed by atoms with E-state index in [9.17, 15) is 9.59 Å². The van der Waals surface area contributed by atoms with Gasteiger partial charge in [-0.25, -0.2) is 4.79 Å². The molecule has 2 amide bonds. The third-order valence-corrected chi connectivity index (χ3v) is 2.21. The van der Waals surface area contributed by atoms with Gasteiger partial charge in [0.1, 0.15) is 6.04 Å². The van der Waals surface area contributed by atoms with E-state index in [0.29, 0.717) is 6.54 Å². The Bertz CT molecular complexity index is 195. The molecular formula is C8H14N2O3. The Labute approximate surface area is 77.0 Å². The summed E-state index contributed by atoms with van der Waals surface area (Å²) < 4.78 is 4.57. The van der Waals surface area contributed by atoms with Gasteiger partial charge in [-0.2, -0.15) is 0 Å². The Balaban J connectivity index is 2.63. The lowest BCUT2D eigenvalue weighted by molar-refractivity contribution is -0.124. The number of likely N-dealkylation sites (tertiary alicyclic amines) is 1. The fraction of sp³-hybridized carbons (Fsp3) is 0.750. The predicted molar refractivity (Wildman–Crippen MR) is 46.2 cm³/mol. The minimum absolute atomic E-state index is 0.122. The number of hydrogen-bond acceptors (Lipinski definition) is 3. The van der Waals surface area contributed by atoms with Crippen LogP contribution in [0.2, 0.25) is 0 Å². The SMILES string of the molecule is CNC(=O)C1CCCN1C(=O)OC. The molecule has 0 saturated carbocycles. The number of methoxy groups -OCH3 is 1. The maximum absolute atomic E-state index is 11.3. The van der Waals surface area contributed by atoms with Crippen molar-refractivity contribution in [2.75, 3.05) is 20.7 Å². The van der Waals surface area contributed by atoms with Crippen LogP contribution >= 0.6 is 0 Å². The molecule has 5 nitrogen and oxygen atoms in total. The smallest absolute Gasteiger partial charge is 0.410 e. The molecule has 1 atom stereocenters. The molecule has 13 heavy (non-hydrogen) atoms. The van der Waals surface area contributed by atoms with E-state index >= 15 is 0 Å². The summed E-state index contributed by atoms with van der Waals surface area (Å²) in [5.41, 5.74) is 0. The molecule has 0 aromatic heterocycles. The van der Waals surface area contributed by atoms with Gasteiger partial charge < -0.3 is 10.1 Å². The van der Waals surface area contributed by atoms with Gasteiger partial charge in [-0.3, -0.25) is 9.69 Å². The average molecular weight is 186 g/mol. The lowest BCUT2D eigenvalue weighted by Crippen LogP contribution is -2.44. The van der Waals surface area contributed by atoms with Gasteiger partial charge >= 0.3 is 6.09 Å². The number of amides is 2. The van der Waals surface area contributed by atoms with Crippen LogP contribution in [0.3, 0.4) is 0 Å². The molecule has 1 N–H and O–H groups in total. The number of carbonyl (C=O) groups is 2. The van der Waals surface area contributed by atoms with Gasteiger partial charge in [0.15, 0.2) is 0 Å². The van der Waals surface area contributed by atoms with Crippen molar-refractivity contribution in [1.82, 2.24) is 10.2 Å². The summed E-state index contributed by atoms with van der Waals surface area (Å²) >= 11 is 0. The molecule has 1 heterocycles. The normalized spacial score (nSPS) is 21.4. The quantitative estimate of drug-likeness (QED) is 0.625. The highest BCUT2D eigenvalue weighted by Gasteiger charge is 2.33. The highest BCUT2D eigenvalue weighted by Crippen LogP contribution is 2.17. The minimum Gasteiger partial charge on any atom is -0.453 e. The second kappa shape index (κ2) is 4.11. The van der Waals surface area contributed by atoms with Gasteiger partial charge in [0.2, 0.25) is 5.91 Å². The van der Waals surface area contributed by atoms with Gasteiger partial charge in [0.05, 0.1) is 7.11 Å². The fourth-order valence-electron chi connectivity index (χ4n) is 1.54. The molecule has 0 aliphatic carbocycles. The van der Waals surface area contributed by atoms with Crippen LogP contribution in [0, 0.1) is 0 Å². The first kappa shape index (κ1) is 9.83. The largest absolute Gasteiger partial charge is 0.453 e. The third-order valence-electron chi connectivity index (χ3n) is 2.21. The summed E-state index contributed by atoms with van der Waals surface area (Å²) in [5, 5.41) is 2.53. The van der Waals surface area contributed by atoms with E-state index in [-0.39, 0.29) is 11.9 Å². The van der Waals surface area contributed by atoms with E-state index in [1.807, 2.05) is 0 Å². The van der Waals surface area contributed by atoms with Gasteiger partial charge in [-0.15, -0.1) is 0 Å². The Kier molecular flexibility index (Phi) is 3.11. The Morgan fingerprint density at radius 2 is 2.23 bits per heavy atom. The number of nitrogens with one attached hydrogen (secondary N) is 1. The Morgan fingerprint density at radius 1 is 1.54 bits per heavy atom. The minimum atomic E-state index is -0.425. The van der Waals surface area contributed by atoms with Crippen LogP contribution in [0.4, 0.5) is 4.79 Å². The van der Waals surface area contributed by atoms with E-state index in [0.717, 1.165) is 12.8 Å². The van der Waals surface area contributed by atoms with Crippen molar-refractivity contribution in [3.63, 3.8) is 0 Å². The van der Waals surface area contributed by atoms with Crippen LogP contribution in [0.5, 0.6) is 0 Å².